The van der Waals surface area contributed by atoms with Crippen molar-refractivity contribution >= 4 is 5.91 Å². The van der Waals surface area contributed by atoms with Crippen LogP contribution in [0.15, 0.2) is 35.1 Å². The first-order chi connectivity index (χ1) is 13.0. The van der Waals surface area contributed by atoms with Gasteiger partial charge in [0, 0.05) is 24.2 Å². The molecule has 0 spiro atoms. The molecule has 142 valence electrons. The van der Waals surface area contributed by atoms with Crippen LogP contribution in [-0.4, -0.2) is 28.4 Å². The van der Waals surface area contributed by atoms with Gasteiger partial charge in [-0.2, -0.15) is 0 Å². The van der Waals surface area contributed by atoms with Crippen molar-refractivity contribution in [2.75, 3.05) is 6.54 Å². The Morgan fingerprint density at radius 2 is 1.89 bits per heavy atom. The van der Waals surface area contributed by atoms with Gasteiger partial charge in [0.05, 0.1) is 0 Å². The minimum absolute atomic E-state index is 0.0470. The first-order valence-electron chi connectivity index (χ1n) is 9.84. The summed E-state index contributed by atoms with van der Waals surface area (Å²) in [4.78, 5) is 30.4. The van der Waals surface area contributed by atoms with Crippen LogP contribution in [0.5, 0.6) is 0 Å². The van der Waals surface area contributed by atoms with E-state index in [4.69, 9.17) is 0 Å². The van der Waals surface area contributed by atoms with Gasteiger partial charge in [0.1, 0.15) is 11.4 Å². The fourth-order valence-corrected chi connectivity index (χ4v) is 4.46. The summed E-state index contributed by atoms with van der Waals surface area (Å²) in [5, 5.41) is 0. The first-order valence-corrected chi connectivity index (χ1v) is 9.84. The first kappa shape index (κ1) is 18.0. The van der Waals surface area contributed by atoms with Gasteiger partial charge in [-0.05, 0) is 68.4 Å². The fourth-order valence-electron chi connectivity index (χ4n) is 4.46. The average Bonchev–Trinajstić information content (AvgIpc) is 2.89. The average molecular weight is 368 g/mol. The highest BCUT2D eigenvalue weighted by molar-refractivity contribution is 5.94. The second kappa shape index (κ2) is 7.29. The van der Waals surface area contributed by atoms with Gasteiger partial charge >= 0.3 is 0 Å². The molecule has 4 rings (SSSR count). The normalized spacial score (nSPS) is 22.4. The maximum atomic E-state index is 13.2. The number of likely N-dealkylation sites (tertiary alicyclic amines) is 1. The van der Waals surface area contributed by atoms with Crippen molar-refractivity contribution in [3.05, 3.63) is 68.9 Å². The molecule has 1 fully saturated rings. The zero-order chi connectivity index (χ0) is 19.0. The minimum atomic E-state index is -0.280. The molecule has 0 radical (unpaired) electrons. The van der Waals surface area contributed by atoms with E-state index in [1.165, 1.54) is 12.1 Å². The van der Waals surface area contributed by atoms with Crippen molar-refractivity contribution < 1.29 is 9.18 Å². The van der Waals surface area contributed by atoms with Crippen molar-refractivity contribution in [1.29, 1.82) is 0 Å². The molecule has 2 heterocycles. The second-order valence-electron chi connectivity index (χ2n) is 7.87. The molecule has 1 aromatic heterocycles. The molecule has 27 heavy (non-hydrogen) atoms. The molecule has 0 bridgehead atoms. The van der Waals surface area contributed by atoms with Crippen LogP contribution >= 0.6 is 0 Å². The molecule has 1 aliphatic carbocycles. The number of aryl methyl sites for hydroxylation is 2. The number of aromatic amines is 1. The topological polar surface area (TPSA) is 53.2 Å². The summed E-state index contributed by atoms with van der Waals surface area (Å²) in [5.74, 6) is -0.279. The summed E-state index contributed by atoms with van der Waals surface area (Å²) in [6, 6.07) is 8.36. The second-order valence-corrected chi connectivity index (χ2v) is 7.87. The Labute approximate surface area is 158 Å². The maximum absolute atomic E-state index is 13.2. The largest absolute Gasteiger partial charge is 0.335 e. The molecule has 5 heteroatoms. The number of aromatic nitrogens is 1. The van der Waals surface area contributed by atoms with Gasteiger partial charge in [-0.1, -0.05) is 18.6 Å². The quantitative estimate of drug-likeness (QED) is 0.820. The number of halogens is 1. The number of fused-ring (bicyclic) bond motifs is 1. The van der Waals surface area contributed by atoms with E-state index < -0.39 is 0 Å². The van der Waals surface area contributed by atoms with Gasteiger partial charge in [0.15, 0.2) is 0 Å². The zero-order valence-corrected chi connectivity index (χ0v) is 15.6. The number of hydrogen-bond donors (Lipinski definition) is 1. The van der Waals surface area contributed by atoms with Gasteiger partial charge in [-0.15, -0.1) is 0 Å². The lowest BCUT2D eigenvalue weighted by atomic mass is 9.97. The molecule has 2 atom stereocenters. The molecular formula is C22H25FN2O2. The Bertz CT molecular complexity index is 904. The number of nitrogens with one attached hydrogen (secondary N) is 1. The number of hydrogen-bond acceptors (Lipinski definition) is 2. The number of carbonyl (C=O) groups excluding carboxylic acids is 1. The Kier molecular flexibility index (Phi) is 4.85. The third-order valence-electron chi connectivity index (χ3n) is 6.00. The Balaban J connectivity index is 1.58. The van der Waals surface area contributed by atoms with Crippen LogP contribution in [0.3, 0.4) is 0 Å². The number of benzene rings is 1. The smallest absolute Gasteiger partial charge is 0.261 e. The van der Waals surface area contributed by atoms with Crippen LogP contribution < -0.4 is 5.56 Å². The molecule has 0 saturated carbocycles. The summed E-state index contributed by atoms with van der Waals surface area (Å²) in [6.07, 6.45) is 5.95. The molecule has 1 saturated heterocycles. The van der Waals surface area contributed by atoms with E-state index >= 15 is 0 Å². The lowest BCUT2D eigenvalue weighted by Gasteiger charge is -2.21. The molecule has 4 nitrogen and oxygen atoms in total. The van der Waals surface area contributed by atoms with Crippen LogP contribution in [0.4, 0.5) is 4.39 Å². The molecule has 1 N–H and O–H groups in total. The van der Waals surface area contributed by atoms with Crippen LogP contribution in [-0.2, 0) is 12.8 Å². The number of nitrogens with zero attached hydrogens (tertiary/aromatic N) is 1. The molecule has 2 unspecified atom stereocenters. The van der Waals surface area contributed by atoms with E-state index in [9.17, 15) is 14.0 Å². The third-order valence-corrected chi connectivity index (χ3v) is 6.00. The zero-order valence-electron chi connectivity index (χ0n) is 15.6. The van der Waals surface area contributed by atoms with Gasteiger partial charge < -0.3 is 9.88 Å². The van der Waals surface area contributed by atoms with Crippen molar-refractivity contribution in [3.63, 3.8) is 0 Å². The highest BCUT2D eigenvalue weighted by Crippen LogP contribution is 2.32. The number of amides is 1. The van der Waals surface area contributed by atoms with Crippen LogP contribution in [0.25, 0.3) is 0 Å². The number of carbonyl (C=O) groups is 1. The molecule has 2 aromatic rings. The van der Waals surface area contributed by atoms with Gasteiger partial charge in [0.25, 0.3) is 11.5 Å². The summed E-state index contributed by atoms with van der Waals surface area (Å²) in [5.41, 5.74) is 3.11. The standard InChI is InChI=1S/C22H25FN2O2/c1-14-11-17(15-7-9-18(23)10-8-15)13-25(14)22(27)19-12-16-5-3-2-4-6-20(16)24-21(19)26/h7-10,12,14,17H,2-6,11,13H2,1H3,(H,24,26). The summed E-state index contributed by atoms with van der Waals surface area (Å²) in [7, 11) is 0. The van der Waals surface area contributed by atoms with Crippen LogP contribution in [0.2, 0.25) is 0 Å². The summed E-state index contributed by atoms with van der Waals surface area (Å²) < 4.78 is 13.2. The lowest BCUT2D eigenvalue weighted by molar-refractivity contribution is 0.0744. The van der Waals surface area contributed by atoms with E-state index in [1.807, 2.05) is 13.0 Å². The van der Waals surface area contributed by atoms with E-state index in [1.54, 1.807) is 17.0 Å². The number of H-pyrrole nitrogens is 1. The van der Waals surface area contributed by atoms with Gasteiger partial charge in [0.2, 0.25) is 0 Å². The molecule has 1 aliphatic heterocycles. The molecule has 2 aliphatic rings. The Hall–Kier alpha value is -2.43. The fraction of sp³-hybridized carbons (Fsp3) is 0.455. The molecule has 1 aromatic carbocycles. The van der Waals surface area contributed by atoms with E-state index in [0.29, 0.717) is 6.54 Å². The van der Waals surface area contributed by atoms with Crippen LogP contribution in [0, 0.1) is 5.82 Å². The van der Waals surface area contributed by atoms with Crippen molar-refractivity contribution in [2.24, 2.45) is 0 Å². The monoisotopic (exact) mass is 368 g/mol. The van der Waals surface area contributed by atoms with Crippen LogP contribution in [0.1, 0.15) is 65.7 Å². The highest BCUT2D eigenvalue weighted by Gasteiger charge is 2.34. The van der Waals surface area contributed by atoms with E-state index in [0.717, 1.165) is 55.3 Å². The van der Waals surface area contributed by atoms with Crippen molar-refractivity contribution in [3.8, 4) is 0 Å². The predicted octanol–water partition coefficient (Wildman–Crippen LogP) is 3.80. The minimum Gasteiger partial charge on any atom is -0.335 e. The van der Waals surface area contributed by atoms with Crippen molar-refractivity contribution in [1.82, 2.24) is 9.88 Å². The summed E-state index contributed by atoms with van der Waals surface area (Å²) in [6.45, 7) is 2.57. The predicted molar refractivity (Wildman–Crippen MR) is 103 cm³/mol. The highest BCUT2D eigenvalue weighted by atomic mass is 19.1. The molecular weight excluding hydrogens is 343 g/mol. The van der Waals surface area contributed by atoms with Gasteiger partial charge in [-0.3, -0.25) is 9.59 Å². The number of pyridine rings is 1. The maximum Gasteiger partial charge on any atom is 0.261 e. The van der Waals surface area contributed by atoms with E-state index in [-0.39, 0.29) is 34.8 Å². The van der Waals surface area contributed by atoms with Crippen molar-refractivity contribution in [2.45, 2.75) is 57.4 Å². The molecule has 1 amide bonds. The SMILES string of the molecule is CC1CC(c2ccc(F)cc2)CN1C(=O)c1cc2c([nH]c1=O)CCCCC2. The summed E-state index contributed by atoms with van der Waals surface area (Å²) >= 11 is 0. The number of rotatable bonds is 2. The lowest BCUT2D eigenvalue weighted by Crippen LogP contribution is -2.37. The third kappa shape index (κ3) is 3.55. The Morgan fingerprint density at radius 3 is 2.67 bits per heavy atom. The Morgan fingerprint density at radius 1 is 1.15 bits per heavy atom. The van der Waals surface area contributed by atoms with E-state index in [2.05, 4.69) is 4.98 Å². The van der Waals surface area contributed by atoms with Gasteiger partial charge in [-0.25, -0.2) is 4.39 Å².